The van der Waals surface area contributed by atoms with E-state index in [1.807, 2.05) is 6.07 Å². The molecule has 0 N–H and O–H groups in total. The van der Waals surface area contributed by atoms with Crippen molar-refractivity contribution in [1.82, 2.24) is 3.11 Å². The Morgan fingerprint density at radius 1 is 1.20 bits per heavy atom. The lowest BCUT2D eigenvalue weighted by Crippen LogP contribution is -2.25. The van der Waals surface area contributed by atoms with E-state index in [9.17, 15) is 4.39 Å². The van der Waals surface area contributed by atoms with E-state index in [2.05, 4.69) is 31.0 Å². The summed E-state index contributed by atoms with van der Waals surface area (Å²) in [6.07, 6.45) is 1.88. The van der Waals surface area contributed by atoms with E-state index in [0.29, 0.717) is 5.69 Å². The van der Waals surface area contributed by atoms with E-state index in [-0.39, 0.29) is 5.82 Å². The highest BCUT2D eigenvalue weighted by Crippen LogP contribution is 2.20. The van der Waals surface area contributed by atoms with Crippen molar-refractivity contribution < 1.29 is 4.39 Å². The van der Waals surface area contributed by atoms with Crippen LogP contribution in [0.15, 0.2) is 29.3 Å². The van der Waals surface area contributed by atoms with E-state index < -0.39 is 0 Å². The molecular formula is C11H12FIN2. The van der Waals surface area contributed by atoms with Gasteiger partial charge in [-0.05, 0) is 25.0 Å². The van der Waals surface area contributed by atoms with E-state index in [1.165, 1.54) is 6.07 Å². The summed E-state index contributed by atoms with van der Waals surface area (Å²) in [6, 6.07) is 6.67. The summed E-state index contributed by atoms with van der Waals surface area (Å²) in [7, 11) is 0. The third kappa shape index (κ3) is 2.98. The minimum atomic E-state index is -0.234. The van der Waals surface area contributed by atoms with Crippen molar-refractivity contribution in [3.63, 3.8) is 0 Å². The summed E-state index contributed by atoms with van der Waals surface area (Å²) in [5.74, 6) is -0.234. The maximum Gasteiger partial charge on any atom is 0.148 e. The molecule has 1 aromatic carbocycles. The molecule has 1 fully saturated rings. The van der Waals surface area contributed by atoms with Crippen LogP contribution in [0.1, 0.15) is 12.8 Å². The quantitative estimate of drug-likeness (QED) is 0.573. The van der Waals surface area contributed by atoms with Crippen molar-refractivity contribution in [2.45, 2.75) is 12.8 Å². The fourth-order valence-electron chi connectivity index (χ4n) is 1.56. The summed E-state index contributed by atoms with van der Waals surface area (Å²) < 4.78 is 15.5. The fourth-order valence-corrected chi connectivity index (χ4v) is 2.04. The number of para-hydroxylation sites is 1. The number of nitrogens with zero attached hydrogens (tertiary/aromatic N) is 2. The zero-order chi connectivity index (χ0) is 10.7. The molecule has 0 radical (unpaired) electrons. The van der Waals surface area contributed by atoms with Crippen LogP contribution in [-0.4, -0.2) is 21.9 Å². The van der Waals surface area contributed by atoms with Crippen LogP contribution in [0.2, 0.25) is 0 Å². The van der Waals surface area contributed by atoms with Crippen LogP contribution in [0, 0.1) is 5.82 Å². The summed E-state index contributed by atoms with van der Waals surface area (Å²) in [5, 5.41) is 0. The molecule has 1 saturated heterocycles. The monoisotopic (exact) mass is 318 g/mol. The van der Waals surface area contributed by atoms with Crippen molar-refractivity contribution >= 4 is 34.3 Å². The van der Waals surface area contributed by atoms with Gasteiger partial charge in [-0.25, -0.2) is 7.50 Å². The predicted molar refractivity (Wildman–Crippen MR) is 68.3 cm³/mol. The van der Waals surface area contributed by atoms with Gasteiger partial charge in [0.05, 0.1) is 5.69 Å². The second-order valence-corrected chi connectivity index (χ2v) is 4.90. The standard InChI is InChI=1S/C11H12FIN2/c12-10-3-1-2-4-11(10)14-9-5-7-15(13)8-6-9/h1-4H,5-8H2. The molecule has 0 aromatic heterocycles. The Hall–Kier alpha value is -0.490. The van der Waals surface area contributed by atoms with Crippen LogP contribution >= 0.6 is 22.9 Å². The van der Waals surface area contributed by atoms with Gasteiger partial charge in [0.2, 0.25) is 0 Å². The molecule has 4 heteroatoms. The summed E-state index contributed by atoms with van der Waals surface area (Å²) >= 11 is 2.31. The van der Waals surface area contributed by atoms with E-state index >= 15 is 0 Å². The molecule has 2 rings (SSSR count). The van der Waals surface area contributed by atoms with Gasteiger partial charge >= 0.3 is 0 Å². The van der Waals surface area contributed by atoms with E-state index in [4.69, 9.17) is 0 Å². The van der Waals surface area contributed by atoms with Crippen LogP contribution in [0.4, 0.5) is 10.1 Å². The summed E-state index contributed by atoms with van der Waals surface area (Å²) in [4.78, 5) is 4.36. The van der Waals surface area contributed by atoms with Gasteiger partial charge in [-0.1, -0.05) is 12.1 Å². The largest absolute Gasteiger partial charge is 0.255 e. The highest BCUT2D eigenvalue weighted by atomic mass is 127. The third-order valence-electron chi connectivity index (χ3n) is 2.42. The maximum atomic E-state index is 13.3. The van der Waals surface area contributed by atoms with Gasteiger partial charge in [0.15, 0.2) is 0 Å². The van der Waals surface area contributed by atoms with Crippen LogP contribution in [0.5, 0.6) is 0 Å². The lowest BCUT2D eigenvalue weighted by atomic mass is 10.1. The lowest BCUT2D eigenvalue weighted by molar-refractivity contribution is 0.507. The number of hydrogen-bond donors (Lipinski definition) is 0. The lowest BCUT2D eigenvalue weighted by Gasteiger charge is -2.21. The van der Waals surface area contributed by atoms with Gasteiger partial charge in [-0.3, -0.25) is 4.99 Å². The molecule has 1 aromatic rings. The van der Waals surface area contributed by atoms with Gasteiger partial charge in [0, 0.05) is 41.7 Å². The third-order valence-corrected chi connectivity index (χ3v) is 3.38. The van der Waals surface area contributed by atoms with Crippen molar-refractivity contribution in [1.29, 1.82) is 0 Å². The minimum absolute atomic E-state index is 0.234. The van der Waals surface area contributed by atoms with Crippen molar-refractivity contribution in [2.24, 2.45) is 4.99 Å². The maximum absolute atomic E-state index is 13.3. The highest BCUT2D eigenvalue weighted by molar-refractivity contribution is 14.1. The predicted octanol–water partition coefficient (Wildman–Crippen LogP) is 3.34. The van der Waals surface area contributed by atoms with Gasteiger partial charge in [0.25, 0.3) is 0 Å². The molecule has 0 atom stereocenters. The Bertz CT molecular complexity index is 369. The molecule has 0 spiro atoms. The molecule has 0 unspecified atom stereocenters. The molecule has 80 valence electrons. The Morgan fingerprint density at radius 2 is 1.87 bits per heavy atom. The van der Waals surface area contributed by atoms with Crippen molar-refractivity contribution in [3.05, 3.63) is 30.1 Å². The molecule has 0 saturated carbocycles. The average molecular weight is 318 g/mol. The Kier molecular flexibility index (Phi) is 3.69. The zero-order valence-electron chi connectivity index (χ0n) is 8.29. The first-order valence-corrected chi connectivity index (χ1v) is 5.94. The fraction of sp³-hybridized carbons (Fsp3) is 0.364. The van der Waals surface area contributed by atoms with Crippen molar-refractivity contribution in [2.75, 3.05) is 13.1 Å². The van der Waals surface area contributed by atoms with Gasteiger partial charge in [-0.2, -0.15) is 0 Å². The molecule has 2 nitrogen and oxygen atoms in total. The smallest absolute Gasteiger partial charge is 0.148 e. The first-order chi connectivity index (χ1) is 7.25. The van der Waals surface area contributed by atoms with Crippen LogP contribution < -0.4 is 0 Å². The molecule has 1 aliphatic heterocycles. The number of piperidine rings is 1. The van der Waals surface area contributed by atoms with Crippen LogP contribution in [0.3, 0.4) is 0 Å². The number of hydrogen-bond acceptors (Lipinski definition) is 2. The van der Waals surface area contributed by atoms with E-state index in [0.717, 1.165) is 31.6 Å². The molecular weight excluding hydrogens is 306 g/mol. The average Bonchev–Trinajstić information content (AvgIpc) is 2.25. The summed E-state index contributed by atoms with van der Waals surface area (Å²) in [6.45, 7) is 2.02. The van der Waals surface area contributed by atoms with Gasteiger partial charge in [-0.15, -0.1) is 0 Å². The Morgan fingerprint density at radius 3 is 2.53 bits per heavy atom. The highest BCUT2D eigenvalue weighted by Gasteiger charge is 2.12. The molecule has 0 bridgehead atoms. The SMILES string of the molecule is Fc1ccccc1N=C1CCN(I)CC1. The Balaban J connectivity index is 2.13. The zero-order valence-corrected chi connectivity index (χ0v) is 10.4. The number of benzene rings is 1. The van der Waals surface area contributed by atoms with Gasteiger partial charge < -0.3 is 0 Å². The van der Waals surface area contributed by atoms with Crippen LogP contribution in [0.25, 0.3) is 0 Å². The number of aliphatic imine (C=N–C) groups is 1. The molecule has 1 heterocycles. The normalized spacial score (nSPS) is 17.9. The van der Waals surface area contributed by atoms with Crippen LogP contribution in [-0.2, 0) is 0 Å². The number of halogens is 2. The molecule has 1 aliphatic rings. The molecule has 0 amide bonds. The topological polar surface area (TPSA) is 15.6 Å². The first-order valence-electron chi connectivity index (χ1n) is 4.97. The first kappa shape index (κ1) is 11.0. The summed E-state index contributed by atoms with van der Waals surface area (Å²) in [5.41, 5.74) is 1.57. The number of rotatable bonds is 1. The van der Waals surface area contributed by atoms with Crippen molar-refractivity contribution in [3.8, 4) is 0 Å². The van der Waals surface area contributed by atoms with E-state index in [1.54, 1.807) is 12.1 Å². The van der Waals surface area contributed by atoms with Gasteiger partial charge in [0.1, 0.15) is 5.82 Å². The Labute approximate surface area is 103 Å². The molecule has 0 aliphatic carbocycles. The second-order valence-electron chi connectivity index (χ2n) is 3.54. The second kappa shape index (κ2) is 5.03. The molecule has 15 heavy (non-hydrogen) atoms. The minimum Gasteiger partial charge on any atom is -0.255 e.